The second-order valence-corrected chi connectivity index (χ2v) is 5.16. The van der Waals surface area contributed by atoms with Crippen molar-refractivity contribution in [3.8, 4) is 0 Å². The lowest BCUT2D eigenvalue weighted by molar-refractivity contribution is 0.288. The third-order valence-electron chi connectivity index (χ3n) is 3.54. The van der Waals surface area contributed by atoms with Crippen LogP contribution >= 0.6 is 11.6 Å². The van der Waals surface area contributed by atoms with Crippen molar-refractivity contribution in [1.82, 2.24) is 5.32 Å². The summed E-state index contributed by atoms with van der Waals surface area (Å²) >= 11 is 6.02. The molecule has 1 fully saturated rings. The second kappa shape index (κ2) is 5.70. The highest BCUT2D eigenvalue weighted by Gasteiger charge is 2.18. The Kier molecular flexibility index (Phi) is 4.25. The number of hydrogen-bond donors (Lipinski definition) is 1. The molecule has 1 aromatic rings. The molecule has 1 aromatic carbocycles. The highest BCUT2D eigenvalue weighted by Crippen LogP contribution is 2.27. The molecule has 1 nitrogen and oxygen atoms in total. The molecule has 0 bridgehead atoms. The smallest absolute Gasteiger partial charge is 0.0409 e. The first-order chi connectivity index (χ1) is 7.79. The van der Waals surface area contributed by atoms with Crippen molar-refractivity contribution in [2.24, 2.45) is 5.92 Å². The Hall–Kier alpha value is -0.530. The van der Waals surface area contributed by atoms with E-state index >= 15 is 0 Å². The molecule has 1 N–H and O–H groups in total. The summed E-state index contributed by atoms with van der Waals surface area (Å²) in [5.41, 5.74) is 1.31. The van der Waals surface area contributed by atoms with E-state index in [1.165, 1.54) is 24.8 Å². The quantitative estimate of drug-likeness (QED) is 0.810. The molecule has 2 heteroatoms. The minimum absolute atomic E-state index is 0.458. The predicted molar refractivity (Wildman–Crippen MR) is 69.8 cm³/mol. The van der Waals surface area contributed by atoms with Gasteiger partial charge in [-0.05, 0) is 49.4 Å². The van der Waals surface area contributed by atoms with Crippen LogP contribution < -0.4 is 5.32 Å². The molecule has 0 spiro atoms. The number of rotatable bonds is 5. The molecule has 0 aromatic heterocycles. The lowest BCUT2D eigenvalue weighted by Crippen LogP contribution is -2.30. The Bertz CT molecular complexity index is 333. The molecule has 0 saturated heterocycles. The molecule has 1 atom stereocenters. The predicted octanol–water partition coefficient (Wildman–Crippen LogP) is 4.18. The van der Waals surface area contributed by atoms with Crippen LogP contribution in [0, 0.1) is 5.92 Å². The molecule has 1 unspecified atom stereocenters. The summed E-state index contributed by atoms with van der Waals surface area (Å²) in [5.74, 6) is 0.910. The average Bonchev–Trinajstić information content (AvgIpc) is 2.22. The molecule has 0 aliphatic heterocycles. The van der Waals surface area contributed by atoms with Crippen molar-refractivity contribution in [2.75, 3.05) is 6.54 Å². The SMILES string of the molecule is CCC(NCC1CCC1)c1cccc(Cl)c1. The van der Waals surface area contributed by atoms with Gasteiger partial charge in [-0.25, -0.2) is 0 Å². The first-order valence-corrected chi connectivity index (χ1v) is 6.66. The van der Waals surface area contributed by atoms with Gasteiger partial charge in [0.25, 0.3) is 0 Å². The molecule has 0 heterocycles. The molecular formula is C14H20ClN. The van der Waals surface area contributed by atoms with E-state index in [4.69, 9.17) is 11.6 Å². The lowest BCUT2D eigenvalue weighted by atomic mass is 9.85. The minimum Gasteiger partial charge on any atom is -0.310 e. The Morgan fingerprint density at radius 2 is 2.25 bits per heavy atom. The maximum Gasteiger partial charge on any atom is 0.0409 e. The molecule has 1 aliphatic carbocycles. The molecule has 16 heavy (non-hydrogen) atoms. The molecule has 1 aliphatic rings. The van der Waals surface area contributed by atoms with Gasteiger partial charge in [-0.2, -0.15) is 0 Å². The number of hydrogen-bond acceptors (Lipinski definition) is 1. The summed E-state index contributed by atoms with van der Waals surface area (Å²) < 4.78 is 0. The van der Waals surface area contributed by atoms with E-state index in [0.29, 0.717) is 6.04 Å². The van der Waals surface area contributed by atoms with Crippen LogP contribution in [0.15, 0.2) is 24.3 Å². The van der Waals surface area contributed by atoms with Gasteiger partial charge in [0, 0.05) is 11.1 Å². The van der Waals surface area contributed by atoms with Gasteiger partial charge < -0.3 is 5.32 Å². The van der Waals surface area contributed by atoms with Crippen molar-refractivity contribution < 1.29 is 0 Å². The second-order valence-electron chi connectivity index (χ2n) is 4.72. The van der Waals surface area contributed by atoms with Gasteiger partial charge >= 0.3 is 0 Å². The van der Waals surface area contributed by atoms with Gasteiger partial charge in [-0.3, -0.25) is 0 Å². The van der Waals surface area contributed by atoms with Gasteiger partial charge in [0.05, 0.1) is 0 Å². The first-order valence-electron chi connectivity index (χ1n) is 6.28. The van der Waals surface area contributed by atoms with Crippen molar-refractivity contribution in [3.05, 3.63) is 34.9 Å². The zero-order valence-electron chi connectivity index (χ0n) is 9.88. The van der Waals surface area contributed by atoms with Gasteiger partial charge in [-0.1, -0.05) is 37.1 Å². The minimum atomic E-state index is 0.458. The van der Waals surface area contributed by atoms with Gasteiger partial charge in [0.2, 0.25) is 0 Å². The normalized spacial score (nSPS) is 18.1. The topological polar surface area (TPSA) is 12.0 Å². The van der Waals surface area contributed by atoms with Gasteiger partial charge in [0.1, 0.15) is 0 Å². The molecule has 88 valence electrons. The van der Waals surface area contributed by atoms with E-state index < -0.39 is 0 Å². The fraction of sp³-hybridized carbons (Fsp3) is 0.571. The van der Waals surface area contributed by atoms with Crippen molar-refractivity contribution in [2.45, 2.75) is 38.6 Å². The van der Waals surface area contributed by atoms with E-state index in [2.05, 4.69) is 24.4 Å². The number of benzene rings is 1. The highest BCUT2D eigenvalue weighted by atomic mass is 35.5. The molecule has 1 saturated carbocycles. The fourth-order valence-corrected chi connectivity index (χ4v) is 2.43. The maximum absolute atomic E-state index is 6.02. The van der Waals surface area contributed by atoms with Crippen LogP contribution in [0.5, 0.6) is 0 Å². The van der Waals surface area contributed by atoms with E-state index in [-0.39, 0.29) is 0 Å². The van der Waals surface area contributed by atoms with Crippen LogP contribution in [0.25, 0.3) is 0 Å². The monoisotopic (exact) mass is 237 g/mol. The summed E-state index contributed by atoms with van der Waals surface area (Å²) in [6.07, 6.45) is 5.34. The van der Waals surface area contributed by atoms with Crippen LogP contribution in [0.3, 0.4) is 0 Å². The van der Waals surface area contributed by atoms with Crippen LogP contribution in [0.1, 0.15) is 44.2 Å². The van der Waals surface area contributed by atoms with Crippen molar-refractivity contribution >= 4 is 11.6 Å². The summed E-state index contributed by atoms with van der Waals surface area (Å²) in [6.45, 7) is 3.38. The van der Waals surface area contributed by atoms with Crippen LogP contribution in [-0.4, -0.2) is 6.54 Å². The highest BCUT2D eigenvalue weighted by molar-refractivity contribution is 6.30. The lowest BCUT2D eigenvalue weighted by Gasteiger charge is -2.28. The molecular weight excluding hydrogens is 218 g/mol. The van der Waals surface area contributed by atoms with E-state index in [1.54, 1.807) is 0 Å². The van der Waals surface area contributed by atoms with E-state index in [0.717, 1.165) is 23.9 Å². The van der Waals surface area contributed by atoms with Gasteiger partial charge in [-0.15, -0.1) is 0 Å². The maximum atomic E-state index is 6.02. The Balaban J connectivity index is 1.92. The fourth-order valence-electron chi connectivity index (χ4n) is 2.23. The Morgan fingerprint density at radius 3 is 2.81 bits per heavy atom. The van der Waals surface area contributed by atoms with Crippen molar-refractivity contribution in [1.29, 1.82) is 0 Å². The Labute approximate surface area is 103 Å². The number of nitrogens with one attached hydrogen (secondary N) is 1. The number of halogens is 1. The molecule has 0 amide bonds. The summed E-state index contributed by atoms with van der Waals surface area (Å²) in [6, 6.07) is 8.66. The van der Waals surface area contributed by atoms with Crippen LogP contribution in [-0.2, 0) is 0 Å². The third kappa shape index (κ3) is 2.99. The van der Waals surface area contributed by atoms with Crippen LogP contribution in [0.2, 0.25) is 5.02 Å². The summed E-state index contributed by atoms with van der Waals surface area (Å²) in [7, 11) is 0. The largest absolute Gasteiger partial charge is 0.310 e. The van der Waals surface area contributed by atoms with E-state index in [1.807, 2.05) is 12.1 Å². The summed E-state index contributed by atoms with van der Waals surface area (Å²) in [5, 5.41) is 4.49. The van der Waals surface area contributed by atoms with Gasteiger partial charge in [0.15, 0.2) is 0 Å². The zero-order valence-corrected chi connectivity index (χ0v) is 10.6. The van der Waals surface area contributed by atoms with Crippen LogP contribution in [0.4, 0.5) is 0 Å². The average molecular weight is 238 g/mol. The summed E-state index contributed by atoms with van der Waals surface area (Å²) in [4.78, 5) is 0. The zero-order chi connectivity index (χ0) is 11.4. The first kappa shape index (κ1) is 11.9. The Morgan fingerprint density at radius 1 is 1.44 bits per heavy atom. The van der Waals surface area contributed by atoms with E-state index in [9.17, 15) is 0 Å². The third-order valence-corrected chi connectivity index (χ3v) is 3.77. The molecule has 0 radical (unpaired) electrons. The molecule has 2 rings (SSSR count). The standard InChI is InChI=1S/C14H20ClN/c1-2-14(16-10-11-5-3-6-11)12-7-4-8-13(15)9-12/h4,7-9,11,14,16H,2-3,5-6,10H2,1H3. The van der Waals surface area contributed by atoms with Crippen molar-refractivity contribution in [3.63, 3.8) is 0 Å².